The van der Waals surface area contributed by atoms with Crippen LogP contribution in [0.3, 0.4) is 0 Å². The van der Waals surface area contributed by atoms with Crippen LogP contribution in [0.2, 0.25) is 5.02 Å². The van der Waals surface area contributed by atoms with Crippen molar-refractivity contribution in [3.05, 3.63) is 53.3 Å². The van der Waals surface area contributed by atoms with Crippen molar-refractivity contribution in [2.45, 2.75) is 9.79 Å². The Kier molecular flexibility index (Phi) is 6.89. The summed E-state index contributed by atoms with van der Waals surface area (Å²) in [5.41, 5.74) is 0. The predicted octanol–water partition coefficient (Wildman–Crippen LogP) is 1.79. The molecule has 1 amide bonds. The molecule has 1 heterocycles. The maximum Gasteiger partial charge on any atom is 0.260 e. The quantitative estimate of drug-likeness (QED) is 0.612. The van der Waals surface area contributed by atoms with E-state index in [1.807, 2.05) is 0 Å². The van der Waals surface area contributed by atoms with Crippen LogP contribution in [0.25, 0.3) is 0 Å². The van der Waals surface area contributed by atoms with Gasteiger partial charge < -0.3 is 9.64 Å². The molecule has 0 aromatic heterocycles. The van der Waals surface area contributed by atoms with E-state index in [1.165, 1.54) is 33.5 Å². The van der Waals surface area contributed by atoms with E-state index in [9.17, 15) is 26.0 Å². The van der Waals surface area contributed by atoms with Gasteiger partial charge in [-0.15, -0.1) is 0 Å². The topological polar surface area (TPSA) is 101 Å². The fourth-order valence-electron chi connectivity index (χ4n) is 2.98. The first kappa shape index (κ1) is 23.5. The van der Waals surface area contributed by atoms with Crippen LogP contribution in [0, 0.1) is 5.82 Å². The predicted molar refractivity (Wildman–Crippen MR) is 112 cm³/mol. The molecule has 12 heteroatoms. The average Bonchev–Trinajstić information content (AvgIpc) is 2.73. The molecule has 1 saturated heterocycles. The highest BCUT2D eigenvalue weighted by atomic mass is 35.5. The molecular weight excluding hydrogens is 471 g/mol. The van der Waals surface area contributed by atoms with E-state index in [0.29, 0.717) is 5.75 Å². The summed E-state index contributed by atoms with van der Waals surface area (Å²) in [6.07, 6.45) is 1.09. The molecule has 1 fully saturated rings. The summed E-state index contributed by atoms with van der Waals surface area (Å²) in [5.74, 6) is -0.689. The number of ether oxygens (including phenoxy) is 1. The Labute approximate surface area is 185 Å². The van der Waals surface area contributed by atoms with Crippen molar-refractivity contribution in [3.8, 4) is 5.75 Å². The summed E-state index contributed by atoms with van der Waals surface area (Å²) in [5, 5.41) is -0.281. The number of sulfonamides is 1. The molecule has 0 spiro atoms. The number of hydrogen-bond donors (Lipinski definition) is 0. The molecule has 0 bridgehead atoms. The number of sulfone groups is 1. The van der Waals surface area contributed by atoms with Crippen LogP contribution in [0.1, 0.15) is 0 Å². The van der Waals surface area contributed by atoms with Crippen LogP contribution < -0.4 is 4.74 Å². The Morgan fingerprint density at radius 1 is 1.00 bits per heavy atom. The minimum atomic E-state index is -3.86. The summed E-state index contributed by atoms with van der Waals surface area (Å²) >= 11 is 5.69. The molecule has 1 aliphatic heterocycles. The Morgan fingerprint density at radius 3 is 2.13 bits per heavy atom. The van der Waals surface area contributed by atoms with Crippen molar-refractivity contribution < 1.29 is 30.8 Å². The number of halogens is 2. The number of carbonyl (C=O) groups is 1. The van der Waals surface area contributed by atoms with E-state index in [4.69, 9.17) is 16.3 Å². The maximum absolute atomic E-state index is 13.3. The first-order chi connectivity index (χ1) is 14.5. The van der Waals surface area contributed by atoms with Crippen molar-refractivity contribution in [2.24, 2.45) is 0 Å². The zero-order valence-corrected chi connectivity index (χ0v) is 18.9. The third-order valence-corrected chi connectivity index (χ3v) is 8.05. The lowest BCUT2D eigenvalue weighted by Gasteiger charge is -2.34. The van der Waals surface area contributed by atoms with Gasteiger partial charge in [-0.3, -0.25) is 4.79 Å². The largest absolute Gasteiger partial charge is 0.484 e. The van der Waals surface area contributed by atoms with Crippen molar-refractivity contribution in [1.82, 2.24) is 9.21 Å². The molecular formula is C19H20ClFN2O6S2. The molecule has 0 atom stereocenters. The summed E-state index contributed by atoms with van der Waals surface area (Å²) < 4.78 is 68.3. The molecule has 0 radical (unpaired) electrons. The monoisotopic (exact) mass is 490 g/mol. The Bertz CT molecular complexity index is 1180. The summed E-state index contributed by atoms with van der Waals surface area (Å²) in [6, 6.07) is 8.91. The van der Waals surface area contributed by atoms with Gasteiger partial charge in [0.2, 0.25) is 10.0 Å². The zero-order valence-electron chi connectivity index (χ0n) is 16.5. The summed E-state index contributed by atoms with van der Waals surface area (Å²) in [4.78, 5) is 13.9. The first-order valence-electron chi connectivity index (χ1n) is 9.14. The number of carbonyl (C=O) groups excluding carboxylic acids is 1. The Morgan fingerprint density at radius 2 is 1.58 bits per heavy atom. The second-order valence-electron chi connectivity index (χ2n) is 6.89. The van der Waals surface area contributed by atoms with Gasteiger partial charge in [0.1, 0.15) is 11.6 Å². The van der Waals surface area contributed by atoms with Gasteiger partial charge in [0.15, 0.2) is 16.4 Å². The van der Waals surface area contributed by atoms with Crippen LogP contribution in [0.5, 0.6) is 5.75 Å². The standard InChI is InChI=1S/C19H20ClFN2O6S2/c1-30(25,26)15-4-2-14(3-5-15)29-13-19(24)22-8-10-23(11-9-22)31(27,28)16-6-7-18(21)17(20)12-16/h2-7,12H,8-11,13H2,1H3. The van der Waals surface area contributed by atoms with Crippen molar-refractivity contribution in [3.63, 3.8) is 0 Å². The highest BCUT2D eigenvalue weighted by molar-refractivity contribution is 7.90. The summed E-state index contributed by atoms with van der Waals surface area (Å²) in [6.45, 7) is 0.226. The van der Waals surface area contributed by atoms with Gasteiger partial charge in [-0.1, -0.05) is 11.6 Å². The number of nitrogens with zero attached hydrogens (tertiary/aromatic N) is 2. The second kappa shape index (κ2) is 9.11. The van der Waals surface area contributed by atoms with E-state index < -0.39 is 25.7 Å². The molecule has 1 aliphatic rings. The minimum Gasteiger partial charge on any atom is -0.484 e. The lowest BCUT2D eigenvalue weighted by molar-refractivity contribution is -0.134. The lowest BCUT2D eigenvalue weighted by Crippen LogP contribution is -2.51. The second-order valence-corrected chi connectivity index (χ2v) is 11.3. The molecule has 2 aromatic carbocycles. The molecule has 0 unspecified atom stereocenters. The Balaban J connectivity index is 1.55. The van der Waals surface area contributed by atoms with Crippen LogP contribution in [-0.4, -0.2) is 71.0 Å². The molecule has 0 saturated carbocycles. The molecule has 8 nitrogen and oxygen atoms in total. The first-order valence-corrected chi connectivity index (χ1v) is 12.9. The van der Waals surface area contributed by atoms with Crippen LogP contribution in [0.4, 0.5) is 4.39 Å². The van der Waals surface area contributed by atoms with Crippen LogP contribution >= 0.6 is 11.6 Å². The van der Waals surface area contributed by atoms with Gasteiger partial charge >= 0.3 is 0 Å². The van der Waals surface area contributed by atoms with E-state index in [0.717, 1.165) is 24.5 Å². The van der Waals surface area contributed by atoms with E-state index in [1.54, 1.807) is 0 Å². The van der Waals surface area contributed by atoms with Crippen LogP contribution in [-0.2, 0) is 24.7 Å². The number of amides is 1. The van der Waals surface area contributed by atoms with Gasteiger partial charge in [0.25, 0.3) is 5.91 Å². The third kappa shape index (κ3) is 5.53. The number of rotatable bonds is 6. The molecule has 0 N–H and O–H groups in total. The van der Waals surface area contributed by atoms with E-state index in [-0.39, 0.29) is 53.5 Å². The van der Waals surface area contributed by atoms with Crippen molar-refractivity contribution in [2.75, 3.05) is 39.0 Å². The fraction of sp³-hybridized carbons (Fsp3) is 0.316. The average molecular weight is 491 g/mol. The molecule has 31 heavy (non-hydrogen) atoms. The maximum atomic E-state index is 13.3. The smallest absolute Gasteiger partial charge is 0.260 e. The molecule has 168 valence electrons. The third-order valence-electron chi connectivity index (χ3n) is 4.73. The van der Waals surface area contributed by atoms with Crippen molar-refractivity contribution in [1.29, 1.82) is 0 Å². The molecule has 0 aliphatic carbocycles. The zero-order chi connectivity index (χ0) is 22.8. The fourth-order valence-corrected chi connectivity index (χ4v) is 5.31. The molecule has 2 aromatic rings. The lowest BCUT2D eigenvalue weighted by atomic mass is 10.3. The number of hydrogen-bond acceptors (Lipinski definition) is 6. The van der Waals surface area contributed by atoms with E-state index in [2.05, 4.69) is 0 Å². The number of piperazine rings is 1. The molecule has 3 rings (SSSR count). The number of benzene rings is 2. The highest BCUT2D eigenvalue weighted by Crippen LogP contribution is 2.23. The normalized spacial score (nSPS) is 15.6. The summed E-state index contributed by atoms with van der Waals surface area (Å²) in [7, 11) is -7.18. The van der Waals surface area contributed by atoms with E-state index >= 15 is 0 Å². The van der Waals surface area contributed by atoms with Crippen LogP contribution in [0.15, 0.2) is 52.3 Å². The van der Waals surface area contributed by atoms with Gasteiger partial charge in [-0.05, 0) is 42.5 Å². The van der Waals surface area contributed by atoms with Gasteiger partial charge in [0, 0.05) is 32.4 Å². The van der Waals surface area contributed by atoms with Gasteiger partial charge in [0.05, 0.1) is 14.8 Å². The Hall–Kier alpha value is -2.21. The van der Waals surface area contributed by atoms with Crippen molar-refractivity contribution >= 4 is 37.4 Å². The van der Waals surface area contributed by atoms with Gasteiger partial charge in [-0.25, -0.2) is 21.2 Å². The van der Waals surface area contributed by atoms with Gasteiger partial charge in [-0.2, -0.15) is 4.31 Å². The minimum absolute atomic E-state index is 0.0755. The highest BCUT2D eigenvalue weighted by Gasteiger charge is 2.30. The SMILES string of the molecule is CS(=O)(=O)c1ccc(OCC(=O)N2CCN(S(=O)(=O)c3ccc(F)c(Cl)c3)CC2)cc1.